The van der Waals surface area contributed by atoms with E-state index in [0.29, 0.717) is 30.0 Å². The van der Waals surface area contributed by atoms with E-state index in [0.717, 1.165) is 5.56 Å². The number of benzene rings is 2. The van der Waals surface area contributed by atoms with Crippen molar-refractivity contribution in [3.63, 3.8) is 0 Å². The maximum absolute atomic E-state index is 13.4. The van der Waals surface area contributed by atoms with Gasteiger partial charge in [0.25, 0.3) is 0 Å². The van der Waals surface area contributed by atoms with E-state index in [2.05, 4.69) is 5.32 Å². The highest BCUT2D eigenvalue weighted by atomic mass is 19.1. The molecule has 0 radical (unpaired) electrons. The summed E-state index contributed by atoms with van der Waals surface area (Å²) in [5.41, 5.74) is 1.44. The van der Waals surface area contributed by atoms with Crippen LogP contribution in [0.1, 0.15) is 11.1 Å². The summed E-state index contributed by atoms with van der Waals surface area (Å²) >= 11 is 0. The molecule has 5 heteroatoms. The van der Waals surface area contributed by atoms with Crippen LogP contribution in [0.2, 0.25) is 0 Å². The lowest BCUT2D eigenvalue weighted by Crippen LogP contribution is -2.23. The van der Waals surface area contributed by atoms with Gasteiger partial charge in [0, 0.05) is 12.6 Å². The summed E-state index contributed by atoms with van der Waals surface area (Å²) in [5, 5.41) is 2.73. The van der Waals surface area contributed by atoms with Crippen LogP contribution in [-0.2, 0) is 11.2 Å². The summed E-state index contributed by atoms with van der Waals surface area (Å²) < 4.78 is 24.0. The number of ether oxygens (including phenoxy) is 2. The highest BCUT2D eigenvalue weighted by Crippen LogP contribution is 2.32. The largest absolute Gasteiger partial charge is 0.454 e. The number of hydrogen-bond donors (Lipinski definition) is 1. The third-order valence-corrected chi connectivity index (χ3v) is 3.48. The van der Waals surface area contributed by atoms with Crippen LogP contribution >= 0.6 is 0 Å². The Morgan fingerprint density at radius 2 is 2.00 bits per heavy atom. The maximum atomic E-state index is 13.4. The SMILES string of the molecule is O=C(/C=C/c1ccc2c(c1)OCO2)NCCc1ccccc1F. The fourth-order valence-corrected chi connectivity index (χ4v) is 2.27. The van der Waals surface area contributed by atoms with Gasteiger partial charge < -0.3 is 14.8 Å². The Hall–Kier alpha value is -2.82. The zero-order chi connectivity index (χ0) is 16.1. The molecule has 118 valence electrons. The van der Waals surface area contributed by atoms with Crippen LogP contribution in [0.15, 0.2) is 48.5 Å². The molecule has 0 spiro atoms. The van der Waals surface area contributed by atoms with Crippen molar-refractivity contribution in [1.82, 2.24) is 5.32 Å². The van der Waals surface area contributed by atoms with Crippen molar-refractivity contribution in [1.29, 1.82) is 0 Å². The maximum Gasteiger partial charge on any atom is 0.244 e. The first-order valence-corrected chi connectivity index (χ1v) is 7.31. The van der Waals surface area contributed by atoms with Crippen molar-refractivity contribution in [3.8, 4) is 11.5 Å². The molecule has 1 heterocycles. The van der Waals surface area contributed by atoms with Gasteiger partial charge in [-0.2, -0.15) is 0 Å². The number of rotatable bonds is 5. The third-order valence-electron chi connectivity index (χ3n) is 3.48. The summed E-state index contributed by atoms with van der Waals surface area (Å²) in [6.45, 7) is 0.601. The molecule has 0 fully saturated rings. The first kappa shape index (κ1) is 15.1. The lowest BCUT2D eigenvalue weighted by molar-refractivity contribution is -0.116. The molecule has 0 aliphatic carbocycles. The second-order valence-electron chi connectivity index (χ2n) is 5.08. The molecule has 1 N–H and O–H groups in total. The van der Waals surface area contributed by atoms with Gasteiger partial charge in [-0.25, -0.2) is 4.39 Å². The minimum absolute atomic E-state index is 0.221. The molecule has 2 aromatic rings. The molecule has 0 atom stereocenters. The molecule has 1 aliphatic rings. The summed E-state index contributed by atoms with van der Waals surface area (Å²) in [6.07, 6.45) is 3.59. The van der Waals surface area contributed by atoms with Gasteiger partial charge in [-0.15, -0.1) is 0 Å². The van der Waals surface area contributed by atoms with Crippen molar-refractivity contribution >= 4 is 12.0 Å². The number of hydrogen-bond acceptors (Lipinski definition) is 3. The predicted molar refractivity (Wildman–Crippen MR) is 84.7 cm³/mol. The lowest BCUT2D eigenvalue weighted by atomic mass is 10.1. The highest BCUT2D eigenvalue weighted by molar-refractivity contribution is 5.91. The van der Waals surface area contributed by atoms with Gasteiger partial charge in [0.05, 0.1) is 0 Å². The zero-order valence-corrected chi connectivity index (χ0v) is 12.4. The van der Waals surface area contributed by atoms with E-state index in [-0.39, 0.29) is 18.5 Å². The molecule has 2 aromatic carbocycles. The van der Waals surface area contributed by atoms with E-state index in [1.54, 1.807) is 30.3 Å². The van der Waals surface area contributed by atoms with Crippen molar-refractivity contribution in [3.05, 3.63) is 65.5 Å². The van der Waals surface area contributed by atoms with Gasteiger partial charge in [0.2, 0.25) is 12.7 Å². The Bertz CT molecular complexity index is 743. The zero-order valence-electron chi connectivity index (χ0n) is 12.4. The standard InChI is InChI=1S/C18H16FNO3/c19-15-4-2-1-3-14(15)9-10-20-18(21)8-6-13-5-7-16-17(11-13)23-12-22-16/h1-8,11H,9-10,12H2,(H,20,21)/b8-6+. The molecule has 4 nitrogen and oxygen atoms in total. The van der Waals surface area contributed by atoms with Gasteiger partial charge >= 0.3 is 0 Å². The number of nitrogens with one attached hydrogen (secondary N) is 1. The molecule has 0 unspecified atom stereocenters. The van der Waals surface area contributed by atoms with Crippen LogP contribution < -0.4 is 14.8 Å². The van der Waals surface area contributed by atoms with Crippen LogP contribution in [0, 0.1) is 5.82 Å². The van der Waals surface area contributed by atoms with E-state index in [1.807, 2.05) is 12.1 Å². The molecular weight excluding hydrogens is 297 g/mol. The second kappa shape index (κ2) is 6.96. The van der Waals surface area contributed by atoms with E-state index < -0.39 is 0 Å². The van der Waals surface area contributed by atoms with Gasteiger partial charge in [-0.3, -0.25) is 4.79 Å². The highest BCUT2D eigenvalue weighted by Gasteiger charge is 2.12. The van der Waals surface area contributed by atoms with Crippen molar-refractivity contribution in [2.45, 2.75) is 6.42 Å². The fraction of sp³-hybridized carbons (Fsp3) is 0.167. The van der Waals surface area contributed by atoms with E-state index >= 15 is 0 Å². The summed E-state index contributed by atoms with van der Waals surface area (Å²) in [6, 6.07) is 12.0. The quantitative estimate of drug-likeness (QED) is 0.863. The summed E-state index contributed by atoms with van der Waals surface area (Å²) in [4.78, 5) is 11.8. The molecule has 0 saturated carbocycles. The van der Waals surface area contributed by atoms with Gasteiger partial charge in [-0.1, -0.05) is 24.3 Å². The van der Waals surface area contributed by atoms with Gasteiger partial charge in [0.1, 0.15) is 5.82 Å². The normalized spacial score (nSPS) is 12.6. The predicted octanol–water partition coefficient (Wildman–Crippen LogP) is 2.93. The second-order valence-corrected chi connectivity index (χ2v) is 5.08. The Morgan fingerprint density at radius 3 is 2.87 bits per heavy atom. The molecule has 3 rings (SSSR count). The minimum Gasteiger partial charge on any atom is -0.454 e. The number of halogens is 1. The Kier molecular flexibility index (Phi) is 4.57. The molecule has 1 aliphatic heterocycles. The Labute approximate surface area is 133 Å². The van der Waals surface area contributed by atoms with Gasteiger partial charge in [0.15, 0.2) is 11.5 Å². The Balaban J connectivity index is 1.50. The van der Waals surface area contributed by atoms with Crippen LogP contribution in [0.3, 0.4) is 0 Å². The minimum atomic E-state index is -0.252. The molecule has 0 saturated heterocycles. The van der Waals surface area contributed by atoms with Crippen LogP contribution in [0.25, 0.3) is 6.08 Å². The van der Waals surface area contributed by atoms with Crippen molar-refractivity contribution in [2.24, 2.45) is 0 Å². The van der Waals surface area contributed by atoms with Crippen molar-refractivity contribution < 1.29 is 18.7 Å². The first-order chi connectivity index (χ1) is 11.2. The van der Waals surface area contributed by atoms with E-state index in [4.69, 9.17) is 9.47 Å². The average Bonchev–Trinajstić information content (AvgIpc) is 3.02. The molecule has 0 aromatic heterocycles. The number of amides is 1. The Morgan fingerprint density at radius 1 is 1.17 bits per heavy atom. The monoisotopic (exact) mass is 313 g/mol. The van der Waals surface area contributed by atoms with Crippen LogP contribution in [0.5, 0.6) is 11.5 Å². The average molecular weight is 313 g/mol. The smallest absolute Gasteiger partial charge is 0.244 e. The number of carbonyl (C=O) groups excluding carboxylic acids is 1. The van der Waals surface area contributed by atoms with Crippen LogP contribution in [0.4, 0.5) is 4.39 Å². The van der Waals surface area contributed by atoms with E-state index in [9.17, 15) is 9.18 Å². The van der Waals surface area contributed by atoms with Crippen LogP contribution in [-0.4, -0.2) is 19.2 Å². The summed E-state index contributed by atoms with van der Waals surface area (Å²) in [5.74, 6) is 0.903. The topological polar surface area (TPSA) is 47.6 Å². The number of fused-ring (bicyclic) bond motifs is 1. The third kappa shape index (κ3) is 3.88. The van der Waals surface area contributed by atoms with Gasteiger partial charge in [-0.05, 0) is 41.8 Å². The van der Waals surface area contributed by atoms with E-state index in [1.165, 1.54) is 12.1 Å². The molecule has 0 bridgehead atoms. The molecule has 23 heavy (non-hydrogen) atoms. The number of carbonyl (C=O) groups is 1. The first-order valence-electron chi connectivity index (χ1n) is 7.31. The molecular formula is C18H16FNO3. The fourth-order valence-electron chi connectivity index (χ4n) is 2.27. The lowest BCUT2D eigenvalue weighted by Gasteiger charge is -2.04. The molecule has 1 amide bonds. The summed E-state index contributed by atoms with van der Waals surface area (Å²) in [7, 11) is 0. The van der Waals surface area contributed by atoms with Crippen molar-refractivity contribution in [2.75, 3.05) is 13.3 Å².